The van der Waals surface area contributed by atoms with Crippen LogP contribution >= 0.6 is 11.6 Å². The largest absolute Gasteiger partial charge is 0.465 e. The van der Waals surface area contributed by atoms with E-state index in [9.17, 15) is 18.0 Å². The lowest BCUT2D eigenvalue weighted by Crippen LogP contribution is -2.51. The molecule has 0 bridgehead atoms. The smallest absolute Gasteiger partial charge is 0.404 e. The number of carbonyl (C=O) groups excluding carboxylic acids is 1. The number of carbonyl (C=O) groups is 2. The van der Waals surface area contributed by atoms with Gasteiger partial charge in [-0.1, -0.05) is 41.9 Å². The number of halogens is 1. The first-order chi connectivity index (χ1) is 19.2. The number of aromatic nitrogens is 3. The number of rotatable bonds is 7. The highest BCUT2D eigenvalue weighted by atomic mass is 35.5. The predicted molar refractivity (Wildman–Crippen MR) is 150 cm³/mol. The maximum atomic E-state index is 13.5. The molecule has 2 N–H and O–H groups in total. The molecule has 208 valence electrons. The summed E-state index contributed by atoms with van der Waals surface area (Å²) in [6.45, 7) is 3.41. The molecule has 2 aromatic carbocycles. The van der Waals surface area contributed by atoms with E-state index in [4.69, 9.17) is 16.7 Å². The molecule has 1 aliphatic rings. The number of benzene rings is 2. The van der Waals surface area contributed by atoms with Gasteiger partial charge in [0, 0.05) is 43.9 Å². The van der Waals surface area contributed by atoms with Crippen LogP contribution in [0.5, 0.6) is 0 Å². The van der Waals surface area contributed by atoms with Crippen LogP contribution in [0.4, 0.5) is 10.6 Å². The highest BCUT2D eigenvalue weighted by Crippen LogP contribution is 2.31. The van der Waals surface area contributed by atoms with Crippen molar-refractivity contribution in [3.63, 3.8) is 0 Å². The van der Waals surface area contributed by atoms with Crippen molar-refractivity contribution >= 4 is 50.5 Å². The molecule has 40 heavy (non-hydrogen) atoms. The highest BCUT2D eigenvalue weighted by molar-refractivity contribution is 7.90. The minimum Gasteiger partial charge on any atom is -0.465 e. The molecule has 1 fully saturated rings. The third-order valence-electron chi connectivity index (χ3n) is 6.94. The van der Waals surface area contributed by atoms with Gasteiger partial charge in [-0.25, -0.2) is 27.2 Å². The van der Waals surface area contributed by atoms with Crippen molar-refractivity contribution in [2.24, 2.45) is 0 Å². The Labute approximate surface area is 236 Å². The topological polar surface area (TPSA) is 138 Å². The summed E-state index contributed by atoms with van der Waals surface area (Å²) < 4.78 is 27.9. The van der Waals surface area contributed by atoms with Crippen molar-refractivity contribution in [1.82, 2.24) is 24.2 Å². The molecule has 0 radical (unpaired) electrons. The lowest BCUT2D eigenvalue weighted by Gasteiger charge is -2.37. The SMILES string of the molecule is Cc1cn(S(=O)(=O)c2ccccc2)c2ncnc(N3CCN(C(=O)C(CNC(=O)O)c4ccc(Cl)cc4)CC3)c12. The van der Waals surface area contributed by atoms with Gasteiger partial charge in [0.15, 0.2) is 5.65 Å². The van der Waals surface area contributed by atoms with Crippen LogP contribution in [-0.2, 0) is 14.8 Å². The Bertz CT molecular complexity index is 1650. The molecular formula is C27H27ClN6O5S. The van der Waals surface area contributed by atoms with Gasteiger partial charge in [0.2, 0.25) is 5.91 Å². The van der Waals surface area contributed by atoms with Crippen molar-refractivity contribution in [3.05, 3.63) is 83.3 Å². The Morgan fingerprint density at radius 1 is 1.02 bits per heavy atom. The summed E-state index contributed by atoms with van der Waals surface area (Å²) in [7, 11) is -3.86. The first kappa shape index (κ1) is 27.4. The zero-order chi connectivity index (χ0) is 28.4. The van der Waals surface area contributed by atoms with Crippen molar-refractivity contribution in [3.8, 4) is 0 Å². The molecule has 5 rings (SSSR count). The fourth-order valence-electron chi connectivity index (χ4n) is 4.91. The minimum atomic E-state index is -3.86. The van der Waals surface area contributed by atoms with E-state index in [1.807, 2.05) is 11.8 Å². The van der Waals surface area contributed by atoms with Gasteiger partial charge in [0.05, 0.1) is 16.2 Å². The normalized spacial score (nSPS) is 14.8. The minimum absolute atomic E-state index is 0.0643. The molecule has 0 spiro atoms. The van der Waals surface area contributed by atoms with Gasteiger partial charge in [0.25, 0.3) is 10.0 Å². The van der Waals surface area contributed by atoms with E-state index in [1.54, 1.807) is 53.6 Å². The summed E-state index contributed by atoms with van der Waals surface area (Å²) in [6.07, 6.45) is 1.69. The number of hydrogen-bond donors (Lipinski definition) is 2. The number of carboxylic acid groups (broad SMARTS) is 1. The van der Waals surface area contributed by atoms with E-state index in [-0.39, 0.29) is 23.0 Å². The van der Waals surface area contributed by atoms with Crippen LogP contribution in [0.25, 0.3) is 11.0 Å². The lowest BCUT2D eigenvalue weighted by atomic mass is 9.97. The third kappa shape index (κ3) is 5.32. The second-order valence-electron chi connectivity index (χ2n) is 9.42. The van der Waals surface area contributed by atoms with Gasteiger partial charge in [-0.15, -0.1) is 0 Å². The molecular weight excluding hydrogens is 556 g/mol. The quantitative estimate of drug-likeness (QED) is 0.338. The Morgan fingerprint density at radius 3 is 2.35 bits per heavy atom. The van der Waals surface area contributed by atoms with E-state index < -0.39 is 22.0 Å². The fourth-order valence-corrected chi connectivity index (χ4v) is 6.43. The summed E-state index contributed by atoms with van der Waals surface area (Å²) in [4.78, 5) is 37.3. The van der Waals surface area contributed by atoms with Crippen LogP contribution in [0.15, 0.2) is 72.0 Å². The van der Waals surface area contributed by atoms with Crippen LogP contribution in [0, 0.1) is 6.92 Å². The van der Waals surface area contributed by atoms with Crippen LogP contribution in [0.2, 0.25) is 5.02 Å². The Balaban J connectivity index is 1.38. The van der Waals surface area contributed by atoms with Gasteiger partial charge in [-0.05, 0) is 42.3 Å². The Morgan fingerprint density at radius 2 is 1.70 bits per heavy atom. The van der Waals surface area contributed by atoms with E-state index in [0.717, 1.165) is 0 Å². The van der Waals surface area contributed by atoms with Crippen LogP contribution in [-0.4, -0.2) is 77.1 Å². The number of nitrogens with one attached hydrogen (secondary N) is 1. The lowest BCUT2D eigenvalue weighted by molar-refractivity contribution is -0.133. The average Bonchev–Trinajstić information content (AvgIpc) is 3.32. The monoisotopic (exact) mass is 582 g/mol. The molecule has 1 aliphatic heterocycles. The molecule has 1 atom stereocenters. The number of hydrogen-bond acceptors (Lipinski definition) is 7. The standard InChI is InChI=1S/C27H27ClN6O5S/c1-18-16-34(40(38,39)21-5-3-2-4-6-21)25-23(18)24(30-17-31-25)32-11-13-33(14-12-32)26(35)22(15-29-27(36)37)19-7-9-20(28)10-8-19/h2-10,16-17,22,29H,11-15H2,1H3,(H,36,37). The van der Waals surface area contributed by atoms with Gasteiger partial charge >= 0.3 is 6.09 Å². The number of aryl methyl sites for hydroxylation is 1. The summed E-state index contributed by atoms with van der Waals surface area (Å²) in [6, 6.07) is 15.0. The number of nitrogens with zero attached hydrogens (tertiary/aromatic N) is 5. The number of piperazine rings is 1. The van der Waals surface area contributed by atoms with Crippen molar-refractivity contribution in [2.45, 2.75) is 17.7 Å². The first-order valence-corrected chi connectivity index (χ1v) is 14.4. The van der Waals surface area contributed by atoms with Crippen LogP contribution in [0.1, 0.15) is 17.0 Å². The van der Waals surface area contributed by atoms with Crippen LogP contribution in [0.3, 0.4) is 0 Å². The Hall–Kier alpha value is -4.16. The zero-order valence-corrected chi connectivity index (χ0v) is 23.1. The first-order valence-electron chi connectivity index (χ1n) is 12.6. The molecule has 11 nitrogen and oxygen atoms in total. The summed E-state index contributed by atoms with van der Waals surface area (Å²) in [5.41, 5.74) is 1.67. The number of anilines is 1. The molecule has 2 amide bonds. The molecule has 1 unspecified atom stereocenters. The van der Waals surface area contributed by atoms with Gasteiger partial charge in [0.1, 0.15) is 12.1 Å². The second kappa shape index (κ2) is 11.1. The predicted octanol–water partition coefficient (Wildman–Crippen LogP) is 3.33. The highest BCUT2D eigenvalue weighted by Gasteiger charge is 2.31. The van der Waals surface area contributed by atoms with Crippen LogP contribution < -0.4 is 10.2 Å². The van der Waals surface area contributed by atoms with E-state index in [2.05, 4.69) is 15.3 Å². The molecule has 2 aromatic heterocycles. The maximum Gasteiger partial charge on any atom is 0.404 e. The Kier molecular flexibility index (Phi) is 7.63. The molecule has 0 aliphatic carbocycles. The fraction of sp³-hybridized carbons (Fsp3) is 0.259. The maximum absolute atomic E-state index is 13.5. The van der Waals surface area contributed by atoms with Gasteiger partial charge in [-0.3, -0.25) is 4.79 Å². The average molecular weight is 583 g/mol. The summed E-state index contributed by atoms with van der Waals surface area (Å²) in [5.74, 6) is -0.302. The van der Waals surface area contributed by atoms with Crippen molar-refractivity contribution in [1.29, 1.82) is 0 Å². The number of fused-ring (bicyclic) bond motifs is 1. The van der Waals surface area contributed by atoms with E-state index in [1.165, 1.54) is 22.4 Å². The van der Waals surface area contributed by atoms with Crippen molar-refractivity contribution < 1.29 is 23.1 Å². The zero-order valence-electron chi connectivity index (χ0n) is 21.6. The number of amides is 2. The molecule has 3 heterocycles. The third-order valence-corrected chi connectivity index (χ3v) is 8.86. The van der Waals surface area contributed by atoms with Crippen molar-refractivity contribution in [2.75, 3.05) is 37.6 Å². The molecule has 13 heteroatoms. The molecule has 1 saturated heterocycles. The van der Waals surface area contributed by atoms with Gasteiger partial charge < -0.3 is 20.2 Å². The van der Waals surface area contributed by atoms with E-state index in [0.29, 0.717) is 53.5 Å². The second-order valence-corrected chi connectivity index (χ2v) is 11.7. The summed E-state index contributed by atoms with van der Waals surface area (Å²) >= 11 is 6.00. The van der Waals surface area contributed by atoms with Gasteiger partial charge in [-0.2, -0.15) is 0 Å². The molecule has 4 aromatic rings. The summed E-state index contributed by atoms with van der Waals surface area (Å²) in [5, 5.41) is 12.6. The van der Waals surface area contributed by atoms with E-state index >= 15 is 0 Å². The molecule has 0 saturated carbocycles.